The van der Waals surface area contributed by atoms with Crippen LogP contribution in [0.2, 0.25) is 0 Å². The van der Waals surface area contributed by atoms with Crippen LogP contribution in [0.1, 0.15) is 11.1 Å². The molecule has 2 rings (SSSR count). The SMILES string of the molecule is Cl.N#Cc1cccc(-c2cc(CCN)ccc2O)c1F. The maximum atomic E-state index is 14.1. The molecule has 0 aromatic heterocycles. The number of phenols is 1. The summed E-state index contributed by atoms with van der Waals surface area (Å²) in [6.45, 7) is 0.477. The van der Waals surface area contributed by atoms with Gasteiger partial charge in [0.25, 0.3) is 0 Å². The van der Waals surface area contributed by atoms with Gasteiger partial charge in [0.05, 0.1) is 5.56 Å². The van der Waals surface area contributed by atoms with Crippen LogP contribution in [0.3, 0.4) is 0 Å². The molecule has 0 saturated heterocycles. The van der Waals surface area contributed by atoms with Crippen molar-refractivity contribution in [3.63, 3.8) is 0 Å². The van der Waals surface area contributed by atoms with Gasteiger partial charge < -0.3 is 10.8 Å². The quantitative estimate of drug-likeness (QED) is 0.913. The molecular weight excluding hydrogens is 279 g/mol. The third-order valence-corrected chi connectivity index (χ3v) is 2.90. The Morgan fingerprint density at radius 1 is 1.20 bits per heavy atom. The summed E-state index contributed by atoms with van der Waals surface area (Å²) in [5.41, 5.74) is 6.95. The third kappa shape index (κ3) is 3.08. The van der Waals surface area contributed by atoms with Gasteiger partial charge in [0, 0.05) is 11.1 Å². The lowest BCUT2D eigenvalue weighted by Gasteiger charge is -2.09. The van der Waals surface area contributed by atoms with Crippen LogP contribution in [0, 0.1) is 17.1 Å². The van der Waals surface area contributed by atoms with E-state index in [2.05, 4.69) is 0 Å². The first-order valence-electron chi connectivity index (χ1n) is 5.88. The molecule has 0 bridgehead atoms. The Bertz CT molecular complexity index is 653. The highest BCUT2D eigenvalue weighted by atomic mass is 35.5. The molecule has 0 aliphatic rings. The molecule has 0 atom stereocenters. The molecule has 0 fully saturated rings. The van der Waals surface area contributed by atoms with E-state index in [0.29, 0.717) is 18.5 Å². The molecule has 0 amide bonds. The molecule has 3 N–H and O–H groups in total. The topological polar surface area (TPSA) is 70.0 Å². The Kier molecular flexibility index (Phi) is 5.51. The predicted octanol–water partition coefficient (Wildman–Crippen LogP) is 2.99. The molecule has 0 spiro atoms. The van der Waals surface area contributed by atoms with Crippen LogP contribution >= 0.6 is 12.4 Å². The predicted molar refractivity (Wildman–Crippen MR) is 78.2 cm³/mol. The van der Waals surface area contributed by atoms with Crippen molar-refractivity contribution in [1.29, 1.82) is 5.26 Å². The molecular formula is C15H14ClFN2O. The zero-order chi connectivity index (χ0) is 13.8. The van der Waals surface area contributed by atoms with Crippen molar-refractivity contribution in [2.24, 2.45) is 5.73 Å². The highest BCUT2D eigenvalue weighted by molar-refractivity contribution is 5.85. The molecule has 0 radical (unpaired) electrons. The molecule has 20 heavy (non-hydrogen) atoms. The number of benzene rings is 2. The number of rotatable bonds is 3. The summed E-state index contributed by atoms with van der Waals surface area (Å²) in [5, 5.41) is 18.7. The second-order valence-electron chi connectivity index (χ2n) is 4.17. The van der Waals surface area contributed by atoms with Crippen molar-refractivity contribution >= 4 is 12.4 Å². The minimum atomic E-state index is -0.620. The van der Waals surface area contributed by atoms with E-state index >= 15 is 0 Å². The molecule has 104 valence electrons. The number of nitriles is 1. The van der Waals surface area contributed by atoms with Crippen molar-refractivity contribution in [3.8, 4) is 22.9 Å². The first-order chi connectivity index (χ1) is 9.17. The summed E-state index contributed by atoms with van der Waals surface area (Å²) in [7, 11) is 0. The first kappa shape index (κ1) is 16.0. The minimum absolute atomic E-state index is 0. The molecule has 0 unspecified atom stereocenters. The Balaban J connectivity index is 0.00000200. The monoisotopic (exact) mass is 292 g/mol. The Labute approximate surface area is 122 Å². The van der Waals surface area contributed by atoms with E-state index in [1.807, 2.05) is 0 Å². The largest absolute Gasteiger partial charge is 0.507 e. The zero-order valence-corrected chi connectivity index (χ0v) is 11.5. The summed E-state index contributed by atoms with van der Waals surface area (Å²) < 4.78 is 14.1. The fourth-order valence-corrected chi connectivity index (χ4v) is 1.95. The number of hydrogen-bond acceptors (Lipinski definition) is 3. The zero-order valence-electron chi connectivity index (χ0n) is 10.6. The number of halogens is 2. The van der Waals surface area contributed by atoms with Crippen molar-refractivity contribution in [3.05, 3.63) is 53.3 Å². The lowest BCUT2D eigenvalue weighted by atomic mass is 9.98. The van der Waals surface area contributed by atoms with E-state index in [4.69, 9.17) is 11.0 Å². The van der Waals surface area contributed by atoms with Crippen LogP contribution in [0.15, 0.2) is 36.4 Å². The Morgan fingerprint density at radius 2 is 1.95 bits per heavy atom. The van der Waals surface area contributed by atoms with Crippen LogP contribution in [0.5, 0.6) is 5.75 Å². The Hall–Kier alpha value is -2.09. The van der Waals surface area contributed by atoms with E-state index < -0.39 is 5.82 Å². The fraction of sp³-hybridized carbons (Fsp3) is 0.133. The summed E-state index contributed by atoms with van der Waals surface area (Å²) in [6.07, 6.45) is 0.646. The van der Waals surface area contributed by atoms with Gasteiger partial charge >= 0.3 is 0 Å². The summed E-state index contributed by atoms with van der Waals surface area (Å²) >= 11 is 0. The average molecular weight is 293 g/mol. The van der Waals surface area contributed by atoms with E-state index in [9.17, 15) is 9.50 Å². The standard InChI is InChI=1S/C15H13FN2O.ClH/c16-15-11(9-18)2-1-3-12(15)13-8-10(6-7-17)4-5-14(13)19;/h1-5,8,19H,6-7,17H2;1H. The maximum Gasteiger partial charge on any atom is 0.148 e. The van der Waals surface area contributed by atoms with Gasteiger partial charge in [-0.2, -0.15) is 5.26 Å². The van der Waals surface area contributed by atoms with E-state index in [1.54, 1.807) is 24.3 Å². The molecule has 0 heterocycles. The van der Waals surface area contributed by atoms with E-state index in [1.165, 1.54) is 18.2 Å². The maximum absolute atomic E-state index is 14.1. The number of nitrogens with zero attached hydrogens (tertiary/aromatic N) is 1. The van der Waals surface area contributed by atoms with Crippen molar-refractivity contribution in [2.75, 3.05) is 6.54 Å². The minimum Gasteiger partial charge on any atom is -0.507 e. The van der Waals surface area contributed by atoms with Gasteiger partial charge in [-0.05, 0) is 36.7 Å². The molecule has 2 aromatic carbocycles. The summed E-state index contributed by atoms with van der Waals surface area (Å²) in [4.78, 5) is 0. The second kappa shape index (κ2) is 6.90. The van der Waals surface area contributed by atoms with Gasteiger partial charge in [-0.3, -0.25) is 0 Å². The van der Waals surface area contributed by atoms with Gasteiger partial charge in [-0.25, -0.2) is 4.39 Å². The van der Waals surface area contributed by atoms with Gasteiger partial charge in [-0.15, -0.1) is 12.4 Å². The van der Waals surface area contributed by atoms with Crippen LogP contribution < -0.4 is 5.73 Å². The first-order valence-corrected chi connectivity index (χ1v) is 5.88. The Morgan fingerprint density at radius 3 is 2.60 bits per heavy atom. The number of nitrogens with two attached hydrogens (primary N) is 1. The van der Waals surface area contributed by atoms with Crippen molar-refractivity contribution in [2.45, 2.75) is 6.42 Å². The third-order valence-electron chi connectivity index (χ3n) is 2.90. The van der Waals surface area contributed by atoms with E-state index in [0.717, 1.165) is 5.56 Å². The molecule has 5 heteroatoms. The molecule has 0 saturated carbocycles. The molecule has 0 aliphatic carbocycles. The van der Waals surface area contributed by atoms with Gasteiger partial charge in [-0.1, -0.05) is 18.2 Å². The van der Waals surface area contributed by atoms with Gasteiger partial charge in [0.2, 0.25) is 0 Å². The summed E-state index contributed by atoms with van der Waals surface area (Å²) in [5.74, 6) is -0.639. The summed E-state index contributed by atoms with van der Waals surface area (Å²) in [6, 6.07) is 11.3. The fourth-order valence-electron chi connectivity index (χ4n) is 1.95. The second-order valence-corrected chi connectivity index (χ2v) is 4.17. The van der Waals surface area contributed by atoms with Gasteiger partial charge in [0.15, 0.2) is 0 Å². The van der Waals surface area contributed by atoms with Crippen LogP contribution in [-0.4, -0.2) is 11.7 Å². The lowest BCUT2D eigenvalue weighted by molar-refractivity contribution is 0.476. The molecule has 3 nitrogen and oxygen atoms in total. The van der Waals surface area contributed by atoms with Gasteiger partial charge in [0.1, 0.15) is 17.6 Å². The average Bonchev–Trinajstić information content (AvgIpc) is 2.42. The molecule has 0 aliphatic heterocycles. The van der Waals surface area contributed by atoms with E-state index in [-0.39, 0.29) is 29.3 Å². The molecule has 2 aromatic rings. The number of hydrogen-bond donors (Lipinski definition) is 2. The van der Waals surface area contributed by atoms with Crippen molar-refractivity contribution < 1.29 is 9.50 Å². The highest BCUT2D eigenvalue weighted by Gasteiger charge is 2.13. The van der Waals surface area contributed by atoms with Crippen LogP contribution in [-0.2, 0) is 6.42 Å². The number of phenolic OH excluding ortho intramolecular Hbond substituents is 1. The van der Waals surface area contributed by atoms with Crippen molar-refractivity contribution in [1.82, 2.24) is 0 Å². The highest BCUT2D eigenvalue weighted by Crippen LogP contribution is 2.32. The lowest BCUT2D eigenvalue weighted by Crippen LogP contribution is -2.02. The van der Waals surface area contributed by atoms with Crippen LogP contribution in [0.4, 0.5) is 4.39 Å². The van der Waals surface area contributed by atoms with Crippen LogP contribution in [0.25, 0.3) is 11.1 Å². The smallest absolute Gasteiger partial charge is 0.148 e. The normalized spacial score (nSPS) is 9.65. The number of aromatic hydroxyl groups is 1.